The molecule has 0 spiro atoms. The Morgan fingerprint density at radius 3 is 2.53 bits per heavy atom. The minimum Gasteiger partial charge on any atom is -0.464 e. The summed E-state index contributed by atoms with van der Waals surface area (Å²) in [6.45, 7) is 4.96. The monoisotopic (exact) mass is 620 g/mol. The van der Waals surface area contributed by atoms with Crippen LogP contribution in [0.3, 0.4) is 0 Å². The van der Waals surface area contributed by atoms with Crippen LogP contribution in [-0.4, -0.2) is 74.3 Å². The van der Waals surface area contributed by atoms with Crippen molar-refractivity contribution in [3.63, 3.8) is 0 Å². The van der Waals surface area contributed by atoms with Crippen LogP contribution in [0.15, 0.2) is 48.8 Å². The molecule has 1 amide bonds. The maximum absolute atomic E-state index is 13.9. The number of fused-ring (bicyclic) bond motifs is 1. The summed E-state index contributed by atoms with van der Waals surface area (Å²) >= 11 is 0. The summed E-state index contributed by atoms with van der Waals surface area (Å²) in [6, 6.07) is 9.86. The largest absolute Gasteiger partial charge is 0.464 e. The Morgan fingerprint density at radius 1 is 1.19 bits per heavy atom. The fourth-order valence-electron chi connectivity index (χ4n) is 4.75. The topological polar surface area (TPSA) is 223 Å². The van der Waals surface area contributed by atoms with Gasteiger partial charge in [-0.25, -0.2) is 14.1 Å². The molecule has 6 atom stereocenters. The standard InChI is InChI=1S/C27H37N6O9P/c1-4-17(5-2)13-39-25(36)16(3)32-43(38,42-18-9-7-6-8-10-18)40-14-20-22(34)23(35)27(41-20,26(29)37)21-12-11-19-24(28)30-15-31-33(19)21/h6-12,15-17,20,22-23,34-35H,4-5,13-14H2,1-3H3,(H2,29,37)(H,32,38)(H2,28,30,31)/t16-,20?,22+,23+,27-,43?/m0/s1. The number of carbonyl (C=O) groups is 2. The molecule has 15 nitrogen and oxygen atoms in total. The number of esters is 1. The number of aromatic nitrogens is 3. The van der Waals surface area contributed by atoms with E-state index in [-0.39, 0.29) is 29.8 Å². The highest BCUT2D eigenvalue weighted by Crippen LogP contribution is 2.47. The smallest absolute Gasteiger partial charge is 0.459 e. The van der Waals surface area contributed by atoms with E-state index in [1.165, 1.54) is 35.7 Å². The van der Waals surface area contributed by atoms with Gasteiger partial charge in [-0.3, -0.25) is 14.1 Å². The second-order valence-electron chi connectivity index (χ2n) is 10.2. The van der Waals surface area contributed by atoms with Crippen LogP contribution in [0, 0.1) is 5.92 Å². The number of anilines is 1. The number of carbonyl (C=O) groups excluding carboxylic acids is 2. The van der Waals surface area contributed by atoms with Gasteiger partial charge >= 0.3 is 13.7 Å². The predicted molar refractivity (Wildman–Crippen MR) is 153 cm³/mol. The van der Waals surface area contributed by atoms with Crippen molar-refractivity contribution >= 4 is 31.0 Å². The molecule has 234 valence electrons. The molecule has 2 aromatic heterocycles. The molecule has 43 heavy (non-hydrogen) atoms. The van der Waals surface area contributed by atoms with Crippen molar-refractivity contribution in [2.75, 3.05) is 18.9 Å². The van der Waals surface area contributed by atoms with Gasteiger partial charge in [0.2, 0.25) is 5.60 Å². The SMILES string of the molecule is CCC(CC)COC(=O)[C@H](C)NP(=O)(OCC1O[C@@](C(N)=O)(c2ccc3c(N)ncnn23)[C@H](O)[C@@H]1O)Oc1ccccc1. The van der Waals surface area contributed by atoms with Crippen LogP contribution < -0.4 is 21.1 Å². The van der Waals surface area contributed by atoms with Gasteiger partial charge in [-0.05, 0) is 37.1 Å². The lowest BCUT2D eigenvalue weighted by Gasteiger charge is -2.28. The van der Waals surface area contributed by atoms with Crippen molar-refractivity contribution in [2.45, 2.75) is 63.6 Å². The third kappa shape index (κ3) is 6.66. The van der Waals surface area contributed by atoms with Gasteiger partial charge in [-0.15, -0.1) is 0 Å². The van der Waals surface area contributed by atoms with Crippen molar-refractivity contribution in [3.8, 4) is 5.75 Å². The molecule has 0 aliphatic carbocycles. The zero-order valence-electron chi connectivity index (χ0n) is 24.0. The van der Waals surface area contributed by atoms with Gasteiger partial charge in [0.05, 0.1) is 18.9 Å². The summed E-state index contributed by atoms with van der Waals surface area (Å²) in [5.74, 6) is -1.37. The van der Waals surface area contributed by atoms with E-state index in [9.17, 15) is 24.4 Å². The lowest BCUT2D eigenvalue weighted by Crippen LogP contribution is -2.51. The molecular weight excluding hydrogens is 583 g/mol. The predicted octanol–water partition coefficient (Wildman–Crippen LogP) is 1.27. The van der Waals surface area contributed by atoms with Gasteiger partial charge in [-0.2, -0.15) is 10.2 Å². The summed E-state index contributed by atoms with van der Waals surface area (Å²) in [5.41, 5.74) is 9.61. The molecule has 4 rings (SSSR count). The third-order valence-electron chi connectivity index (χ3n) is 7.39. The molecule has 0 radical (unpaired) electrons. The Balaban J connectivity index is 1.56. The zero-order chi connectivity index (χ0) is 31.4. The van der Waals surface area contributed by atoms with E-state index in [1.54, 1.807) is 18.2 Å². The van der Waals surface area contributed by atoms with Crippen molar-refractivity contribution in [1.29, 1.82) is 0 Å². The van der Waals surface area contributed by atoms with Crippen LogP contribution in [0.5, 0.6) is 5.75 Å². The second-order valence-corrected chi connectivity index (χ2v) is 11.9. The van der Waals surface area contributed by atoms with E-state index >= 15 is 0 Å². The Morgan fingerprint density at radius 2 is 1.88 bits per heavy atom. The molecule has 0 saturated carbocycles. The van der Waals surface area contributed by atoms with E-state index in [0.717, 1.165) is 19.2 Å². The van der Waals surface area contributed by atoms with Gasteiger partial charge in [0.1, 0.15) is 41.9 Å². The number of aliphatic hydroxyl groups is 2. The van der Waals surface area contributed by atoms with Crippen LogP contribution in [0.1, 0.15) is 39.3 Å². The molecule has 1 aromatic carbocycles. The number of nitrogens with one attached hydrogen (secondary N) is 1. The first-order valence-electron chi connectivity index (χ1n) is 13.8. The number of nitrogens with zero attached hydrogens (tertiary/aromatic N) is 3. The van der Waals surface area contributed by atoms with E-state index in [1.807, 2.05) is 13.8 Å². The molecule has 0 bridgehead atoms. The van der Waals surface area contributed by atoms with E-state index < -0.39 is 56.2 Å². The number of nitrogens with two attached hydrogens (primary N) is 2. The number of benzene rings is 1. The summed E-state index contributed by atoms with van der Waals surface area (Å²) in [5, 5.41) is 28.7. The Labute approximate surface area is 248 Å². The van der Waals surface area contributed by atoms with Gasteiger partial charge in [0.25, 0.3) is 5.91 Å². The first-order valence-corrected chi connectivity index (χ1v) is 15.4. The summed E-state index contributed by atoms with van der Waals surface area (Å²) in [4.78, 5) is 29.4. The number of ether oxygens (including phenoxy) is 2. The van der Waals surface area contributed by atoms with Crippen LogP contribution in [0.25, 0.3) is 5.52 Å². The molecule has 3 heterocycles. The second kappa shape index (κ2) is 13.4. The highest BCUT2D eigenvalue weighted by atomic mass is 31.2. The molecule has 7 N–H and O–H groups in total. The molecule has 1 aliphatic heterocycles. The molecule has 3 aromatic rings. The van der Waals surface area contributed by atoms with E-state index in [4.69, 9.17) is 30.0 Å². The van der Waals surface area contributed by atoms with Crippen LogP contribution in [0.4, 0.5) is 5.82 Å². The molecule has 2 unspecified atom stereocenters. The Hall–Kier alpha value is -3.59. The van der Waals surface area contributed by atoms with Gasteiger partial charge < -0.3 is 35.7 Å². The fraction of sp³-hybridized carbons (Fsp3) is 0.481. The average molecular weight is 621 g/mol. The number of hydrogen-bond donors (Lipinski definition) is 5. The zero-order valence-corrected chi connectivity index (χ0v) is 24.9. The fourth-order valence-corrected chi connectivity index (χ4v) is 6.25. The number of rotatable bonds is 14. The summed E-state index contributed by atoms with van der Waals surface area (Å²) in [7, 11) is -4.36. The van der Waals surface area contributed by atoms with Crippen LogP contribution in [-0.2, 0) is 33.8 Å². The minimum atomic E-state index is -4.36. The first kappa shape index (κ1) is 32.3. The lowest BCUT2D eigenvalue weighted by atomic mass is 9.90. The molecule has 1 fully saturated rings. The number of amides is 1. The van der Waals surface area contributed by atoms with E-state index in [0.29, 0.717) is 5.52 Å². The highest BCUT2D eigenvalue weighted by molar-refractivity contribution is 7.52. The van der Waals surface area contributed by atoms with Crippen LogP contribution >= 0.6 is 7.75 Å². The van der Waals surface area contributed by atoms with Crippen molar-refractivity contribution in [1.82, 2.24) is 19.7 Å². The van der Waals surface area contributed by atoms with Crippen molar-refractivity contribution in [2.24, 2.45) is 11.7 Å². The maximum atomic E-state index is 13.9. The van der Waals surface area contributed by atoms with Crippen LogP contribution in [0.2, 0.25) is 0 Å². The van der Waals surface area contributed by atoms with Gasteiger partial charge in [0.15, 0.2) is 5.82 Å². The third-order valence-corrected chi connectivity index (χ3v) is 9.03. The van der Waals surface area contributed by atoms with E-state index in [2.05, 4.69) is 15.2 Å². The van der Waals surface area contributed by atoms with Crippen molar-refractivity contribution in [3.05, 3.63) is 54.5 Å². The number of primary amides is 1. The lowest BCUT2D eigenvalue weighted by molar-refractivity contribution is -0.155. The Kier molecular flexibility index (Phi) is 10.1. The normalized spacial score (nSPS) is 24.1. The Bertz CT molecular complexity index is 1470. The summed E-state index contributed by atoms with van der Waals surface area (Å²) in [6.07, 6.45) is -2.26. The molecular formula is C27H37N6O9P. The quantitative estimate of drug-likeness (QED) is 0.127. The number of aliphatic hydroxyl groups excluding tert-OH is 2. The van der Waals surface area contributed by atoms with Gasteiger partial charge in [0, 0.05) is 0 Å². The first-order chi connectivity index (χ1) is 20.5. The maximum Gasteiger partial charge on any atom is 0.459 e. The van der Waals surface area contributed by atoms with Crippen molar-refractivity contribution < 1.29 is 42.9 Å². The molecule has 16 heteroatoms. The number of para-hydroxylation sites is 1. The average Bonchev–Trinajstić information content (AvgIpc) is 3.53. The summed E-state index contributed by atoms with van der Waals surface area (Å²) < 4.78 is 37.7. The highest BCUT2D eigenvalue weighted by Gasteiger charge is 2.61. The minimum absolute atomic E-state index is 0.0196. The number of nitrogen functional groups attached to an aromatic ring is 1. The van der Waals surface area contributed by atoms with Gasteiger partial charge in [-0.1, -0.05) is 44.9 Å². The molecule has 1 aliphatic rings. The number of hydrogen-bond acceptors (Lipinski definition) is 12. The molecule has 1 saturated heterocycles.